The molecule has 1 aromatic heterocycles. The molecular formula is C11H22N5O+. The number of nitrogen functional groups attached to an aromatic ring is 1. The summed E-state index contributed by atoms with van der Waals surface area (Å²) in [5.41, 5.74) is 6.14. The largest absolute Gasteiger partial charge is 0.391 e. The van der Waals surface area contributed by atoms with Crippen LogP contribution in [0, 0.1) is 0 Å². The van der Waals surface area contributed by atoms with E-state index in [1.54, 1.807) is 4.68 Å². The average molecular weight is 240 g/mol. The fourth-order valence-corrected chi connectivity index (χ4v) is 2.27. The van der Waals surface area contributed by atoms with E-state index in [0.717, 1.165) is 44.8 Å². The molecule has 6 nitrogen and oxygen atoms in total. The predicted molar refractivity (Wildman–Crippen MR) is 68.5 cm³/mol. The topological polar surface area (TPSA) is 69.4 Å². The molecule has 0 aromatic carbocycles. The molecule has 0 atom stereocenters. The van der Waals surface area contributed by atoms with Crippen molar-refractivity contribution in [2.75, 3.05) is 38.2 Å². The molecule has 0 unspecified atom stereocenters. The third kappa shape index (κ3) is 2.31. The van der Waals surface area contributed by atoms with E-state index in [2.05, 4.69) is 19.4 Å². The quantitative estimate of drug-likeness (QED) is 0.553. The Balaban J connectivity index is 2.02. The van der Waals surface area contributed by atoms with E-state index < -0.39 is 0 Å². The van der Waals surface area contributed by atoms with Gasteiger partial charge in [0.2, 0.25) is 0 Å². The summed E-state index contributed by atoms with van der Waals surface area (Å²) in [6.07, 6.45) is 2.09. The van der Waals surface area contributed by atoms with Gasteiger partial charge in [-0.25, -0.2) is 4.68 Å². The zero-order valence-corrected chi connectivity index (χ0v) is 10.6. The van der Waals surface area contributed by atoms with E-state index in [9.17, 15) is 4.79 Å². The van der Waals surface area contributed by atoms with E-state index in [0.29, 0.717) is 5.69 Å². The highest BCUT2D eigenvalue weighted by molar-refractivity contribution is 5.61. The first kappa shape index (κ1) is 12.0. The number of hydrogen-bond donors (Lipinski definition) is 3. The molecule has 0 saturated heterocycles. The van der Waals surface area contributed by atoms with Gasteiger partial charge in [0.25, 0.3) is 5.56 Å². The van der Waals surface area contributed by atoms with Crippen molar-refractivity contribution in [1.82, 2.24) is 9.36 Å². The van der Waals surface area contributed by atoms with Gasteiger partial charge < -0.3 is 16.0 Å². The van der Waals surface area contributed by atoms with Gasteiger partial charge in [-0.3, -0.25) is 9.48 Å². The first-order valence-corrected chi connectivity index (χ1v) is 6.23. The number of nitrogens with two attached hydrogens (primary N) is 1. The Labute approximate surface area is 101 Å². The number of nitrogens with one attached hydrogen (secondary N) is 2. The van der Waals surface area contributed by atoms with Crippen LogP contribution in [-0.4, -0.2) is 36.5 Å². The summed E-state index contributed by atoms with van der Waals surface area (Å²) >= 11 is 0. The molecule has 0 spiro atoms. The van der Waals surface area contributed by atoms with Gasteiger partial charge in [-0.2, -0.15) is 0 Å². The number of fused-ring (bicyclic) bond motifs is 1. The fourth-order valence-electron chi connectivity index (χ4n) is 2.27. The van der Waals surface area contributed by atoms with Crippen LogP contribution in [0.25, 0.3) is 0 Å². The van der Waals surface area contributed by atoms with E-state index >= 15 is 0 Å². The Morgan fingerprint density at radius 1 is 1.35 bits per heavy atom. The molecule has 4 N–H and O–H groups in total. The van der Waals surface area contributed by atoms with Crippen LogP contribution in [0.1, 0.15) is 12.8 Å². The number of hydrogen-bond acceptors (Lipinski definition) is 3. The summed E-state index contributed by atoms with van der Waals surface area (Å²) in [5.74, 6) is 0.807. The maximum atomic E-state index is 11.8. The molecule has 96 valence electrons. The lowest BCUT2D eigenvalue weighted by molar-refractivity contribution is -0.858. The van der Waals surface area contributed by atoms with Crippen molar-refractivity contribution in [1.29, 1.82) is 0 Å². The van der Waals surface area contributed by atoms with Gasteiger partial charge in [0.05, 0.1) is 20.6 Å². The second kappa shape index (κ2) is 4.83. The average Bonchev–Trinajstić information content (AvgIpc) is 2.82. The van der Waals surface area contributed by atoms with Gasteiger partial charge >= 0.3 is 0 Å². The van der Waals surface area contributed by atoms with Gasteiger partial charge in [0.1, 0.15) is 11.5 Å². The summed E-state index contributed by atoms with van der Waals surface area (Å²) < 4.78 is 3.70. The second-order valence-corrected chi connectivity index (χ2v) is 4.90. The SMILES string of the molecule is C[NH+](C)CCCNc1c(N)c(=O)n2n1CCC2. The number of nitrogens with zero attached hydrogens (tertiary/aromatic N) is 2. The Morgan fingerprint density at radius 2 is 2.06 bits per heavy atom. The minimum Gasteiger partial charge on any atom is -0.391 e. The Bertz CT molecular complexity index is 445. The molecule has 0 amide bonds. The van der Waals surface area contributed by atoms with Gasteiger partial charge in [0.15, 0.2) is 0 Å². The molecule has 2 heterocycles. The van der Waals surface area contributed by atoms with Crippen molar-refractivity contribution in [3.63, 3.8) is 0 Å². The van der Waals surface area contributed by atoms with Crippen molar-refractivity contribution in [3.05, 3.63) is 10.4 Å². The lowest BCUT2D eigenvalue weighted by Gasteiger charge is -2.10. The third-order valence-corrected chi connectivity index (χ3v) is 3.16. The molecule has 1 aliphatic rings. The van der Waals surface area contributed by atoms with Crippen molar-refractivity contribution in [3.8, 4) is 0 Å². The smallest absolute Gasteiger partial charge is 0.292 e. The van der Waals surface area contributed by atoms with Crippen LogP contribution in [0.3, 0.4) is 0 Å². The second-order valence-electron chi connectivity index (χ2n) is 4.90. The van der Waals surface area contributed by atoms with Crippen molar-refractivity contribution in [2.24, 2.45) is 0 Å². The molecular weight excluding hydrogens is 218 g/mol. The highest BCUT2D eigenvalue weighted by Gasteiger charge is 2.20. The molecule has 6 heteroatoms. The van der Waals surface area contributed by atoms with Gasteiger partial charge in [-0.05, 0) is 6.42 Å². The van der Waals surface area contributed by atoms with Crippen LogP contribution in [0.5, 0.6) is 0 Å². The summed E-state index contributed by atoms with van der Waals surface area (Å²) in [5, 5.41) is 3.29. The predicted octanol–water partition coefficient (Wildman–Crippen LogP) is -1.42. The molecule has 2 rings (SSSR count). The van der Waals surface area contributed by atoms with Crippen LogP contribution >= 0.6 is 0 Å². The van der Waals surface area contributed by atoms with Crippen LogP contribution < -0.4 is 21.5 Å². The van der Waals surface area contributed by atoms with E-state index in [1.165, 1.54) is 4.90 Å². The van der Waals surface area contributed by atoms with Crippen LogP contribution in [0.15, 0.2) is 4.79 Å². The maximum absolute atomic E-state index is 11.8. The number of quaternary nitrogens is 1. The van der Waals surface area contributed by atoms with Crippen LogP contribution in [-0.2, 0) is 13.1 Å². The standard InChI is InChI=1S/C11H21N5O/c1-14(2)6-3-5-13-10-9(12)11(17)16-8-4-7-15(10)16/h13H,3-8,12H2,1-2H3/p+1. The lowest BCUT2D eigenvalue weighted by atomic mass is 10.4. The first-order chi connectivity index (χ1) is 8.11. The minimum absolute atomic E-state index is 0.0526. The van der Waals surface area contributed by atoms with Gasteiger partial charge in [-0.1, -0.05) is 0 Å². The normalized spacial score (nSPS) is 14.3. The third-order valence-electron chi connectivity index (χ3n) is 3.16. The highest BCUT2D eigenvalue weighted by Crippen LogP contribution is 2.19. The monoisotopic (exact) mass is 240 g/mol. The van der Waals surface area contributed by atoms with Gasteiger partial charge in [-0.15, -0.1) is 0 Å². The summed E-state index contributed by atoms with van der Waals surface area (Å²) in [7, 11) is 4.27. The fraction of sp³-hybridized carbons (Fsp3) is 0.727. The van der Waals surface area contributed by atoms with Crippen LogP contribution in [0.2, 0.25) is 0 Å². The first-order valence-electron chi connectivity index (χ1n) is 6.23. The molecule has 0 bridgehead atoms. The van der Waals surface area contributed by atoms with Crippen molar-refractivity contribution in [2.45, 2.75) is 25.9 Å². The van der Waals surface area contributed by atoms with E-state index in [-0.39, 0.29) is 5.56 Å². The number of anilines is 2. The summed E-state index contributed by atoms with van der Waals surface area (Å²) in [6, 6.07) is 0. The number of rotatable bonds is 5. The zero-order chi connectivity index (χ0) is 12.4. The Morgan fingerprint density at radius 3 is 2.76 bits per heavy atom. The maximum Gasteiger partial charge on any atom is 0.292 e. The minimum atomic E-state index is -0.0526. The Kier molecular flexibility index (Phi) is 3.42. The van der Waals surface area contributed by atoms with Crippen molar-refractivity contribution < 1.29 is 4.90 Å². The highest BCUT2D eigenvalue weighted by atomic mass is 16.1. The summed E-state index contributed by atoms with van der Waals surface area (Å²) in [4.78, 5) is 13.2. The summed E-state index contributed by atoms with van der Waals surface area (Å²) in [6.45, 7) is 3.64. The van der Waals surface area contributed by atoms with Crippen molar-refractivity contribution >= 4 is 11.5 Å². The lowest BCUT2D eigenvalue weighted by Crippen LogP contribution is -3.05. The number of aromatic nitrogens is 2. The van der Waals surface area contributed by atoms with E-state index in [1.807, 2.05) is 4.68 Å². The molecule has 17 heavy (non-hydrogen) atoms. The molecule has 0 aliphatic carbocycles. The molecule has 1 aliphatic heterocycles. The molecule has 1 aromatic rings. The van der Waals surface area contributed by atoms with Gasteiger partial charge in [0, 0.05) is 26.1 Å². The zero-order valence-electron chi connectivity index (χ0n) is 10.6. The molecule has 0 radical (unpaired) electrons. The Hall–Kier alpha value is -1.43. The molecule has 0 saturated carbocycles. The van der Waals surface area contributed by atoms with Crippen LogP contribution in [0.4, 0.5) is 11.5 Å². The van der Waals surface area contributed by atoms with E-state index in [4.69, 9.17) is 5.73 Å². The molecule has 0 fully saturated rings.